The Labute approximate surface area is 138 Å². The summed E-state index contributed by atoms with van der Waals surface area (Å²) in [6, 6.07) is 5.23. The second kappa shape index (κ2) is 8.65. The van der Waals surface area contributed by atoms with Gasteiger partial charge < -0.3 is 10.6 Å². The zero-order chi connectivity index (χ0) is 16.7. The van der Waals surface area contributed by atoms with Crippen LogP contribution in [0.25, 0.3) is 0 Å². The number of nitrogens with one attached hydrogen (secondary N) is 2. The lowest BCUT2D eigenvalue weighted by atomic mass is 10.1. The molecule has 2 rings (SSSR count). The van der Waals surface area contributed by atoms with Crippen LogP contribution in [0.5, 0.6) is 0 Å². The largest absolute Gasteiger partial charge is 0.350 e. The minimum absolute atomic E-state index is 0.185. The maximum absolute atomic E-state index is 12.4. The molecule has 0 spiro atoms. The first-order valence-electron chi connectivity index (χ1n) is 8.62. The van der Waals surface area contributed by atoms with E-state index in [-0.39, 0.29) is 17.9 Å². The molecule has 0 aromatic carbocycles. The molecule has 1 aromatic rings. The second-order valence-electron chi connectivity index (χ2n) is 6.67. The molecule has 1 aliphatic rings. The first-order valence-corrected chi connectivity index (χ1v) is 8.62. The van der Waals surface area contributed by atoms with Crippen molar-refractivity contribution in [3.63, 3.8) is 0 Å². The number of carbonyl (C=O) groups is 2. The molecule has 5 nitrogen and oxygen atoms in total. The molecule has 1 heterocycles. The highest BCUT2D eigenvalue weighted by Crippen LogP contribution is 2.17. The van der Waals surface area contributed by atoms with E-state index in [1.807, 2.05) is 13.8 Å². The van der Waals surface area contributed by atoms with Gasteiger partial charge in [-0.2, -0.15) is 0 Å². The van der Waals surface area contributed by atoms with E-state index in [0.717, 1.165) is 25.7 Å². The smallest absolute Gasteiger partial charge is 0.270 e. The van der Waals surface area contributed by atoms with Gasteiger partial charge in [0, 0.05) is 12.6 Å². The van der Waals surface area contributed by atoms with Crippen LogP contribution in [0.4, 0.5) is 0 Å². The number of nitrogens with zero attached hydrogens (tertiary/aromatic N) is 1. The van der Waals surface area contributed by atoms with Gasteiger partial charge in [0.2, 0.25) is 0 Å². The quantitative estimate of drug-likeness (QED) is 0.820. The topological polar surface area (TPSA) is 71.1 Å². The van der Waals surface area contributed by atoms with Gasteiger partial charge in [0.25, 0.3) is 11.8 Å². The molecule has 0 aliphatic heterocycles. The fourth-order valence-electron chi connectivity index (χ4n) is 2.76. The molecule has 0 radical (unpaired) electrons. The van der Waals surface area contributed by atoms with Crippen LogP contribution < -0.4 is 10.6 Å². The van der Waals surface area contributed by atoms with Gasteiger partial charge in [0.1, 0.15) is 11.4 Å². The van der Waals surface area contributed by atoms with Gasteiger partial charge in [-0.15, -0.1) is 0 Å². The van der Waals surface area contributed by atoms with E-state index in [2.05, 4.69) is 15.6 Å². The Morgan fingerprint density at radius 1 is 1.09 bits per heavy atom. The number of hydrogen-bond acceptors (Lipinski definition) is 3. The molecule has 2 N–H and O–H groups in total. The summed E-state index contributed by atoms with van der Waals surface area (Å²) in [7, 11) is 0. The van der Waals surface area contributed by atoms with Gasteiger partial charge in [-0.05, 0) is 30.9 Å². The maximum atomic E-state index is 12.4. The summed E-state index contributed by atoms with van der Waals surface area (Å²) in [4.78, 5) is 28.6. The zero-order valence-corrected chi connectivity index (χ0v) is 14.1. The Morgan fingerprint density at radius 2 is 1.70 bits per heavy atom. The number of hydrogen-bond donors (Lipinski definition) is 2. The predicted octanol–water partition coefficient (Wildman–Crippen LogP) is 2.92. The van der Waals surface area contributed by atoms with Crippen molar-refractivity contribution in [1.82, 2.24) is 15.6 Å². The molecule has 1 saturated carbocycles. The minimum Gasteiger partial charge on any atom is -0.350 e. The molecule has 1 fully saturated rings. The Balaban J connectivity index is 1.97. The molecule has 0 unspecified atom stereocenters. The lowest BCUT2D eigenvalue weighted by Gasteiger charge is -2.16. The first kappa shape index (κ1) is 17.4. The summed E-state index contributed by atoms with van der Waals surface area (Å²) in [5, 5.41) is 5.88. The molecule has 1 aliphatic carbocycles. The fraction of sp³-hybridized carbons (Fsp3) is 0.611. The maximum Gasteiger partial charge on any atom is 0.270 e. The third-order valence-corrected chi connectivity index (χ3v) is 4.08. The van der Waals surface area contributed by atoms with Crippen LogP contribution in [-0.4, -0.2) is 29.4 Å². The molecule has 2 amide bonds. The van der Waals surface area contributed by atoms with Crippen molar-refractivity contribution in [2.75, 3.05) is 6.54 Å². The summed E-state index contributed by atoms with van der Waals surface area (Å²) in [6.45, 7) is 4.66. The van der Waals surface area contributed by atoms with Gasteiger partial charge in [-0.3, -0.25) is 9.59 Å². The zero-order valence-electron chi connectivity index (χ0n) is 14.1. The summed E-state index contributed by atoms with van der Waals surface area (Å²) in [5.41, 5.74) is 0.602. The van der Waals surface area contributed by atoms with Crippen LogP contribution in [0, 0.1) is 5.92 Å². The summed E-state index contributed by atoms with van der Waals surface area (Å²) in [5.74, 6) is -0.0427. The number of aromatic nitrogens is 1. The highest BCUT2D eigenvalue weighted by atomic mass is 16.2. The monoisotopic (exact) mass is 317 g/mol. The normalized spacial score (nSPS) is 16.0. The van der Waals surface area contributed by atoms with E-state index in [4.69, 9.17) is 0 Å². The van der Waals surface area contributed by atoms with Crippen LogP contribution in [0.2, 0.25) is 0 Å². The standard InChI is InChI=1S/C18H27N3O2/c1-13(2)12-19-17(22)15-10-7-11-16(21-15)18(23)20-14-8-5-3-4-6-9-14/h7,10-11,13-14H,3-6,8-9,12H2,1-2H3,(H,19,22)(H,20,23). The van der Waals surface area contributed by atoms with Crippen LogP contribution in [0.3, 0.4) is 0 Å². The molecule has 0 atom stereocenters. The van der Waals surface area contributed by atoms with Crippen molar-refractivity contribution in [3.8, 4) is 0 Å². The average Bonchev–Trinajstić information content (AvgIpc) is 2.81. The summed E-state index contributed by atoms with van der Waals surface area (Å²) in [6.07, 6.45) is 6.87. The first-order chi connectivity index (χ1) is 11.1. The third kappa shape index (κ3) is 5.66. The number of rotatable bonds is 5. The Hall–Kier alpha value is -1.91. The van der Waals surface area contributed by atoms with Gasteiger partial charge in [-0.25, -0.2) is 4.98 Å². The van der Waals surface area contributed by atoms with Gasteiger partial charge in [-0.1, -0.05) is 45.6 Å². The lowest BCUT2D eigenvalue weighted by molar-refractivity contribution is 0.0927. The van der Waals surface area contributed by atoms with Crippen LogP contribution in [0.15, 0.2) is 18.2 Å². The molecular formula is C18H27N3O2. The van der Waals surface area contributed by atoms with Crippen LogP contribution in [0.1, 0.15) is 73.3 Å². The van der Waals surface area contributed by atoms with Crippen LogP contribution in [-0.2, 0) is 0 Å². The SMILES string of the molecule is CC(C)CNC(=O)c1cccc(C(=O)NC2CCCCCC2)n1. The number of carbonyl (C=O) groups excluding carboxylic acids is 2. The van der Waals surface area contributed by atoms with Crippen molar-refractivity contribution in [2.24, 2.45) is 5.92 Å². The highest BCUT2D eigenvalue weighted by molar-refractivity contribution is 5.96. The Kier molecular flexibility index (Phi) is 6.56. The van der Waals surface area contributed by atoms with E-state index in [1.54, 1.807) is 18.2 Å². The van der Waals surface area contributed by atoms with Crippen molar-refractivity contribution in [3.05, 3.63) is 29.6 Å². The molecule has 5 heteroatoms. The fourth-order valence-corrected chi connectivity index (χ4v) is 2.76. The summed E-state index contributed by atoms with van der Waals surface area (Å²) < 4.78 is 0. The average molecular weight is 317 g/mol. The minimum atomic E-state index is -0.234. The van der Waals surface area contributed by atoms with Crippen molar-refractivity contribution in [2.45, 2.75) is 58.4 Å². The highest BCUT2D eigenvalue weighted by Gasteiger charge is 2.17. The number of amides is 2. The van der Waals surface area contributed by atoms with E-state index < -0.39 is 0 Å². The molecular weight excluding hydrogens is 290 g/mol. The van der Waals surface area contributed by atoms with Crippen LogP contribution >= 0.6 is 0 Å². The Morgan fingerprint density at radius 3 is 2.30 bits per heavy atom. The molecule has 1 aromatic heterocycles. The van der Waals surface area contributed by atoms with Gasteiger partial charge in [0.05, 0.1) is 0 Å². The van der Waals surface area contributed by atoms with Gasteiger partial charge in [0.15, 0.2) is 0 Å². The van der Waals surface area contributed by atoms with Crippen molar-refractivity contribution in [1.29, 1.82) is 0 Å². The molecule has 23 heavy (non-hydrogen) atoms. The molecule has 0 bridgehead atoms. The van der Waals surface area contributed by atoms with Crippen molar-refractivity contribution >= 4 is 11.8 Å². The third-order valence-electron chi connectivity index (χ3n) is 4.08. The van der Waals surface area contributed by atoms with E-state index in [1.165, 1.54) is 12.8 Å². The van der Waals surface area contributed by atoms with E-state index >= 15 is 0 Å². The number of pyridine rings is 1. The molecule has 126 valence electrons. The van der Waals surface area contributed by atoms with Gasteiger partial charge >= 0.3 is 0 Å². The second-order valence-corrected chi connectivity index (χ2v) is 6.67. The van der Waals surface area contributed by atoms with E-state index in [0.29, 0.717) is 23.9 Å². The van der Waals surface area contributed by atoms with E-state index in [9.17, 15) is 9.59 Å². The summed E-state index contributed by atoms with van der Waals surface area (Å²) >= 11 is 0. The lowest BCUT2D eigenvalue weighted by Crippen LogP contribution is -2.35. The molecule has 0 saturated heterocycles. The van der Waals surface area contributed by atoms with Crippen molar-refractivity contribution < 1.29 is 9.59 Å². The Bertz CT molecular complexity index is 535. The predicted molar refractivity (Wildman–Crippen MR) is 90.4 cm³/mol.